The average molecular weight is 292 g/mol. The summed E-state index contributed by atoms with van der Waals surface area (Å²) in [6.07, 6.45) is 5.66. The molecule has 2 aliphatic rings. The molecule has 2 fully saturated rings. The van der Waals surface area contributed by atoms with Crippen LogP contribution in [0.15, 0.2) is 0 Å². The van der Waals surface area contributed by atoms with Crippen molar-refractivity contribution in [1.82, 2.24) is 4.90 Å². The van der Waals surface area contributed by atoms with E-state index in [1.54, 1.807) is 0 Å². The van der Waals surface area contributed by atoms with Crippen LogP contribution in [0.25, 0.3) is 0 Å². The van der Waals surface area contributed by atoms with Gasteiger partial charge >= 0.3 is 0 Å². The highest BCUT2D eigenvalue weighted by molar-refractivity contribution is 6.30. The molecule has 0 spiro atoms. The van der Waals surface area contributed by atoms with Crippen LogP contribution in [0.2, 0.25) is 5.82 Å². The number of nitrogens with zero attached hydrogens (tertiary/aromatic N) is 1. The first-order valence-electron chi connectivity index (χ1n) is 9.24. The molecule has 0 N–H and O–H groups in total. The van der Waals surface area contributed by atoms with Gasteiger partial charge in [-0.1, -0.05) is 34.1 Å². The minimum Gasteiger partial charge on any atom is -0.437 e. The van der Waals surface area contributed by atoms with Gasteiger partial charge in [0, 0.05) is 18.2 Å². The van der Waals surface area contributed by atoms with Crippen molar-refractivity contribution in [1.29, 1.82) is 0 Å². The first-order valence-corrected chi connectivity index (χ1v) is 9.24. The Morgan fingerprint density at radius 3 is 2.48 bits per heavy atom. The number of rotatable bonds is 4. The standard InChI is InChI=1S/C18H35BNO/c1-7-12(3)11-16-9-10-17-13(4)14(5)20(8-2)15(6)18(16)19-21-17/h12-18H,7-11H2,1-6H3. The van der Waals surface area contributed by atoms with Gasteiger partial charge in [0.25, 0.3) is 7.48 Å². The summed E-state index contributed by atoms with van der Waals surface area (Å²) in [5.74, 6) is 2.85. The van der Waals surface area contributed by atoms with Gasteiger partial charge in [-0.2, -0.15) is 0 Å². The fraction of sp³-hybridized carbons (Fsp3) is 1.00. The maximum Gasteiger partial charge on any atom is 0.298 e. The van der Waals surface area contributed by atoms with E-state index >= 15 is 0 Å². The van der Waals surface area contributed by atoms with Crippen molar-refractivity contribution in [2.45, 2.75) is 91.2 Å². The van der Waals surface area contributed by atoms with Crippen LogP contribution in [0.4, 0.5) is 0 Å². The quantitative estimate of drug-likeness (QED) is 0.713. The third kappa shape index (κ3) is 3.67. The molecule has 1 radical (unpaired) electrons. The third-order valence-electron chi connectivity index (χ3n) is 6.49. The predicted molar refractivity (Wildman–Crippen MR) is 91.6 cm³/mol. The second kappa shape index (κ2) is 7.50. The van der Waals surface area contributed by atoms with Crippen molar-refractivity contribution in [3.63, 3.8) is 0 Å². The van der Waals surface area contributed by atoms with E-state index in [-0.39, 0.29) is 0 Å². The summed E-state index contributed by atoms with van der Waals surface area (Å²) in [6.45, 7) is 15.4. The number of hydrogen-bond acceptors (Lipinski definition) is 2. The van der Waals surface area contributed by atoms with Crippen LogP contribution in [0, 0.1) is 17.8 Å². The molecule has 2 rings (SSSR count). The van der Waals surface area contributed by atoms with Crippen molar-refractivity contribution in [2.24, 2.45) is 17.8 Å². The van der Waals surface area contributed by atoms with Crippen LogP contribution in [-0.4, -0.2) is 37.1 Å². The van der Waals surface area contributed by atoms with E-state index in [1.807, 2.05) is 0 Å². The zero-order valence-corrected chi connectivity index (χ0v) is 15.0. The zero-order valence-electron chi connectivity index (χ0n) is 15.0. The summed E-state index contributed by atoms with van der Waals surface area (Å²) >= 11 is 0. The summed E-state index contributed by atoms with van der Waals surface area (Å²) in [4.78, 5) is 2.72. The van der Waals surface area contributed by atoms with Crippen molar-refractivity contribution in [2.75, 3.05) is 6.54 Å². The minimum atomic E-state index is 0.422. The highest BCUT2D eigenvalue weighted by Gasteiger charge is 2.42. The van der Waals surface area contributed by atoms with E-state index in [1.165, 1.54) is 25.7 Å². The Morgan fingerprint density at radius 1 is 1.14 bits per heavy atom. The van der Waals surface area contributed by atoms with Gasteiger partial charge in [-0.15, -0.1) is 0 Å². The molecule has 21 heavy (non-hydrogen) atoms. The van der Waals surface area contributed by atoms with Crippen LogP contribution >= 0.6 is 0 Å². The molecule has 7 atom stereocenters. The summed E-state index contributed by atoms with van der Waals surface area (Å²) in [5.41, 5.74) is 0. The summed E-state index contributed by atoms with van der Waals surface area (Å²) < 4.78 is 6.25. The second-order valence-electron chi connectivity index (χ2n) is 7.65. The molecule has 0 aromatic heterocycles. The normalized spacial score (nSPS) is 42.8. The van der Waals surface area contributed by atoms with Crippen LogP contribution in [0.3, 0.4) is 0 Å². The molecule has 7 unspecified atom stereocenters. The molecule has 2 heterocycles. The molecule has 121 valence electrons. The van der Waals surface area contributed by atoms with Gasteiger partial charge in [0.2, 0.25) is 0 Å². The SMILES string of the molecule is CCC(C)CC1CCC2O[B]C1C(C)N(CC)C(C)C2C. The van der Waals surface area contributed by atoms with Gasteiger partial charge in [0.1, 0.15) is 0 Å². The van der Waals surface area contributed by atoms with E-state index in [9.17, 15) is 0 Å². The molecule has 0 aromatic carbocycles. The van der Waals surface area contributed by atoms with E-state index in [2.05, 4.69) is 53.9 Å². The Kier molecular flexibility index (Phi) is 6.20. The molecule has 2 bridgehead atoms. The molecule has 0 amide bonds. The Hall–Kier alpha value is -0.0151. The lowest BCUT2D eigenvalue weighted by Gasteiger charge is -2.45. The summed E-state index contributed by atoms with van der Waals surface area (Å²) in [7, 11) is 2.24. The Bertz CT molecular complexity index is 324. The fourth-order valence-corrected chi connectivity index (χ4v) is 4.58. The van der Waals surface area contributed by atoms with Gasteiger partial charge in [-0.25, -0.2) is 0 Å². The topological polar surface area (TPSA) is 12.5 Å². The molecular weight excluding hydrogens is 257 g/mol. The van der Waals surface area contributed by atoms with E-state index in [0.29, 0.717) is 29.9 Å². The van der Waals surface area contributed by atoms with Crippen LogP contribution in [0.1, 0.15) is 67.2 Å². The van der Waals surface area contributed by atoms with E-state index in [4.69, 9.17) is 4.65 Å². The first-order chi connectivity index (χ1) is 9.99. The van der Waals surface area contributed by atoms with Gasteiger partial charge in [-0.05, 0) is 63.2 Å². The minimum absolute atomic E-state index is 0.422. The van der Waals surface area contributed by atoms with E-state index in [0.717, 1.165) is 18.4 Å². The van der Waals surface area contributed by atoms with Crippen molar-refractivity contribution < 1.29 is 4.65 Å². The lowest BCUT2D eigenvalue weighted by molar-refractivity contribution is 0.0363. The van der Waals surface area contributed by atoms with Gasteiger partial charge in [0.05, 0.1) is 0 Å². The highest BCUT2D eigenvalue weighted by atomic mass is 16.4. The van der Waals surface area contributed by atoms with Gasteiger partial charge in [0.15, 0.2) is 0 Å². The van der Waals surface area contributed by atoms with Crippen molar-refractivity contribution in [3.05, 3.63) is 0 Å². The molecule has 3 heteroatoms. The maximum atomic E-state index is 6.25. The lowest BCUT2D eigenvalue weighted by Crippen LogP contribution is -2.51. The maximum absolute atomic E-state index is 6.25. The first kappa shape index (κ1) is 17.3. The van der Waals surface area contributed by atoms with Crippen molar-refractivity contribution >= 4 is 7.48 Å². The second-order valence-corrected chi connectivity index (χ2v) is 7.65. The van der Waals surface area contributed by atoms with Crippen molar-refractivity contribution in [3.8, 4) is 0 Å². The fourth-order valence-electron chi connectivity index (χ4n) is 4.58. The number of hydrogen-bond donors (Lipinski definition) is 0. The molecular formula is C18H35BNO. The molecule has 0 aliphatic carbocycles. The summed E-state index contributed by atoms with van der Waals surface area (Å²) in [5, 5.41) is 0. The molecule has 2 aliphatic heterocycles. The lowest BCUT2D eigenvalue weighted by atomic mass is 9.63. The third-order valence-corrected chi connectivity index (χ3v) is 6.49. The molecule has 0 aromatic rings. The molecule has 0 saturated carbocycles. The summed E-state index contributed by atoms with van der Waals surface area (Å²) in [6, 6.07) is 1.22. The highest BCUT2D eigenvalue weighted by Crippen LogP contribution is 2.42. The number of fused-ring (bicyclic) bond motifs is 3. The monoisotopic (exact) mass is 292 g/mol. The smallest absolute Gasteiger partial charge is 0.298 e. The average Bonchev–Trinajstić information content (AvgIpc) is 2.67. The van der Waals surface area contributed by atoms with Gasteiger partial charge in [-0.3, -0.25) is 4.90 Å². The zero-order chi connectivity index (χ0) is 15.6. The largest absolute Gasteiger partial charge is 0.437 e. The molecule has 2 nitrogen and oxygen atoms in total. The van der Waals surface area contributed by atoms with E-state index < -0.39 is 0 Å². The molecule has 2 saturated heterocycles. The van der Waals surface area contributed by atoms with Gasteiger partial charge < -0.3 is 4.65 Å². The van der Waals surface area contributed by atoms with Crippen LogP contribution in [-0.2, 0) is 4.65 Å². The van der Waals surface area contributed by atoms with Crippen LogP contribution in [0.5, 0.6) is 0 Å². The predicted octanol–water partition coefficient (Wildman–Crippen LogP) is 4.37. The van der Waals surface area contributed by atoms with Crippen LogP contribution < -0.4 is 0 Å². The Labute approximate surface area is 133 Å². The Balaban J connectivity index is 2.23. The Morgan fingerprint density at radius 2 is 1.86 bits per heavy atom.